The van der Waals surface area contributed by atoms with Gasteiger partial charge in [0, 0.05) is 11.1 Å². The van der Waals surface area contributed by atoms with Crippen molar-refractivity contribution in [2.24, 2.45) is 0 Å². The van der Waals surface area contributed by atoms with Crippen molar-refractivity contribution in [3.8, 4) is 11.1 Å². The quantitative estimate of drug-likeness (QED) is 0.358. The van der Waals surface area contributed by atoms with E-state index in [1.54, 1.807) is 36.4 Å². The van der Waals surface area contributed by atoms with Gasteiger partial charge in [0.25, 0.3) is 5.91 Å². The molecule has 6 heteroatoms. The van der Waals surface area contributed by atoms with Crippen molar-refractivity contribution >= 4 is 17.7 Å². The standard InChI is InChI=1S/C25H21NO5/c27-14-22(26-24(29)16-6-2-1-3-7-16)25(30)31-15-23(28)19-11-10-18-12-17-8-4-5-9-20(17)21(18)13-19/h1-11,13,22,27H,12,14-15H2,(H,26,29). The number of rotatable bonds is 7. The van der Waals surface area contributed by atoms with Crippen LogP contribution in [0.3, 0.4) is 0 Å². The molecule has 6 nitrogen and oxygen atoms in total. The molecule has 156 valence electrons. The van der Waals surface area contributed by atoms with Crippen molar-refractivity contribution in [2.75, 3.05) is 13.2 Å². The highest BCUT2D eigenvalue weighted by Gasteiger charge is 2.24. The monoisotopic (exact) mass is 415 g/mol. The normalized spacial score (nSPS) is 12.4. The molecule has 0 aliphatic heterocycles. The van der Waals surface area contributed by atoms with Crippen LogP contribution in [-0.2, 0) is 16.0 Å². The van der Waals surface area contributed by atoms with Gasteiger partial charge in [-0.05, 0) is 46.9 Å². The van der Waals surface area contributed by atoms with Crippen LogP contribution in [-0.4, -0.2) is 42.0 Å². The van der Waals surface area contributed by atoms with Gasteiger partial charge >= 0.3 is 5.97 Å². The third-order valence-electron chi connectivity index (χ3n) is 5.27. The maximum Gasteiger partial charge on any atom is 0.331 e. The number of aliphatic hydroxyl groups is 1. The van der Waals surface area contributed by atoms with Crippen LogP contribution in [0, 0.1) is 0 Å². The average molecular weight is 415 g/mol. The minimum atomic E-state index is -1.26. The number of nitrogens with one attached hydrogen (secondary N) is 1. The highest BCUT2D eigenvalue weighted by Crippen LogP contribution is 2.36. The number of Topliss-reactive ketones (excluding diaryl/α,β-unsaturated/α-hetero) is 1. The van der Waals surface area contributed by atoms with E-state index in [1.807, 2.05) is 30.3 Å². The van der Waals surface area contributed by atoms with Crippen LogP contribution in [0.1, 0.15) is 31.8 Å². The van der Waals surface area contributed by atoms with Crippen molar-refractivity contribution < 1.29 is 24.2 Å². The first-order valence-corrected chi connectivity index (χ1v) is 9.94. The maximum absolute atomic E-state index is 12.6. The lowest BCUT2D eigenvalue weighted by atomic mass is 10.0. The number of carbonyl (C=O) groups excluding carboxylic acids is 3. The van der Waals surface area contributed by atoms with Crippen LogP contribution in [0.25, 0.3) is 11.1 Å². The minimum absolute atomic E-state index is 0.350. The van der Waals surface area contributed by atoms with Crippen LogP contribution >= 0.6 is 0 Å². The fourth-order valence-electron chi connectivity index (χ4n) is 3.63. The van der Waals surface area contributed by atoms with Crippen molar-refractivity contribution in [1.82, 2.24) is 5.32 Å². The molecule has 3 aromatic rings. The smallest absolute Gasteiger partial charge is 0.331 e. The third kappa shape index (κ3) is 4.39. The fourth-order valence-corrected chi connectivity index (χ4v) is 3.63. The lowest BCUT2D eigenvalue weighted by Crippen LogP contribution is -2.44. The molecule has 0 spiro atoms. The summed E-state index contributed by atoms with van der Waals surface area (Å²) in [6.07, 6.45) is 0.828. The molecule has 1 unspecified atom stereocenters. The van der Waals surface area contributed by atoms with E-state index in [4.69, 9.17) is 4.74 Å². The lowest BCUT2D eigenvalue weighted by molar-refractivity contribution is -0.145. The van der Waals surface area contributed by atoms with Crippen molar-refractivity contribution in [3.05, 3.63) is 95.1 Å². The van der Waals surface area contributed by atoms with E-state index < -0.39 is 31.1 Å². The molecule has 4 rings (SSSR count). The first-order valence-electron chi connectivity index (χ1n) is 9.94. The molecule has 0 fully saturated rings. The topological polar surface area (TPSA) is 92.7 Å². The van der Waals surface area contributed by atoms with Gasteiger partial charge < -0.3 is 15.2 Å². The average Bonchev–Trinajstić information content (AvgIpc) is 3.19. The number of hydrogen-bond acceptors (Lipinski definition) is 5. The predicted molar refractivity (Wildman–Crippen MR) is 115 cm³/mol. The number of benzene rings is 3. The molecule has 0 aromatic heterocycles. The molecular weight excluding hydrogens is 394 g/mol. The summed E-state index contributed by atoms with van der Waals surface area (Å²) in [5.41, 5.74) is 5.27. The van der Waals surface area contributed by atoms with Crippen molar-refractivity contribution in [2.45, 2.75) is 12.5 Å². The SMILES string of the molecule is O=C(COC(=O)C(CO)NC(=O)c1ccccc1)c1ccc2c(c1)-c1ccccc1C2. The molecule has 0 radical (unpaired) electrons. The van der Waals surface area contributed by atoms with Crippen LogP contribution in [0.5, 0.6) is 0 Å². The second-order valence-corrected chi connectivity index (χ2v) is 7.31. The number of carbonyl (C=O) groups is 3. The molecule has 0 saturated heterocycles. The fraction of sp³-hybridized carbons (Fsp3) is 0.160. The van der Waals surface area contributed by atoms with E-state index in [2.05, 4.69) is 11.4 Å². The molecule has 1 atom stereocenters. The summed E-state index contributed by atoms with van der Waals surface area (Å²) in [4.78, 5) is 37.1. The Morgan fingerprint density at radius 2 is 1.58 bits per heavy atom. The Labute approximate surface area is 179 Å². The predicted octanol–water partition coefficient (Wildman–Crippen LogP) is 2.77. The van der Waals surface area contributed by atoms with Gasteiger partial charge in [0.15, 0.2) is 18.4 Å². The minimum Gasteiger partial charge on any atom is -0.456 e. The summed E-state index contributed by atoms with van der Waals surface area (Å²) in [6.45, 7) is -1.11. The van der Waals surface area contributed by atoms with Gasteiger partial charge in [-0.1, -0.05) is 54.6 Å². The van der Waals surface area contributed by atoms with E-state index in [9.17, 15) is 19.5 Å². The number of amides is 1. The number of aliphatic hydroxyl groups excluding tert-OH is 1. The summed E-state index contributed by atoms with van der Waals surface area (Å²) >= 11 is 0. The first kappa shape index (κ1) is 20.5. The van der Waals surface area contributed by atoms with Crippen molar-refractivity contribution in [1.29, 1.82) is 0 Å². The molecule has 0 saturated carbocycles. The first-order chi connectivity index (χ1) is 15.1. The van der Waals surface area contributed by atoms with E-state index in [0.29, 0.717) is 11.1 Å². The van der Waals surface area contributed by atoms with Gasteiger partial charge in [-0.3, -0.25) is 9.59 Å². The zero-order valence-electron chi connectivity index (χ0n) is 16.7. The third-order valence-corrected chi connectivity index (χ3v) is 5.27. The summed E-state index contributed by atoms with van der Waals surface area (Å²) in [7, 11) is 0. The van der Waals surface area contributed by atoms with Gasteiger partial charge in [-0.25, -0.2) is 4.79 Å². The number of ether oxygens (including phenoxy) is 1. The number of fused-ring (bicyclic) bond motifs is 3. The van der Waals surface area contributed by atoms with Crippen LogP contribution < -0.4 is 5.32 Å². The molecule has 1 aliphatic carbocycles. The van der Waals surface area contributed by atoms with E-state index >= 15 is 0 Å². The number of hydrogen-bond donors (Lipinski definition) is 2. The lowest BCUT2D eigenvalue weighted by Gasteiger charge is -2.15. The summed E-state index contributed by atoms with van der Waals surface area (Å²) in [6, 6.07) is 20.6. The Morgan fingerprint density at radius 1 is 0.871 bits per heavy atom. The van der Waals surface area contributed by atoms with Crippen LogP contribution in [0.4, 0.5) is 0 Å². The van der Waals surface area contributed by atoms with Crippen LogP contribution in [0.15, 0.2) is 72.8 Å². The highest BCUT2D eigenvalue weighted by molar-refractivity contribution is 6.00. The van der Waals surface area contributed by atoms with E-state index in [1.165, 1.54) is 5.56 Å². The Kier molecular flexibility index (Phi) is 5.91. The van der Waals surface area contributed by atoms with Crippen LogP contribution in [0.2, 0.25) is 0 Å². The Bertz CT molecular complexity index is 1140. The van der Waals surface area contributed by atoms with Gasteiger partial charge in [0.1, 0.15) is 0 Å². The van der Waals surface area contributed by atoms with Gasteiger partial charge in [-0.2, -0.15) is 0 Å². The summed E-state index contributed by atoms with van der Waals surface area (Å²) in [5, 5.41) is 11.9. The van der Waals surface area contributed by atoms with Gasteiger partial charge in [-0.15, -0.1) is 0 Å². The molecule has 31 heavy (non-hydrogen) atoms. The molecule has 3 aromatic carbocycles. The van der Waals surface area contributed by atoms with E-state index in [0.717, 1.165) is 23.1 Å². The number of esters is 1. The summed E-state index contributed by atoms with van der Waals surface area (Å²) in [5.74, 6) is -1.74. The van der Waals surface area contributed by atoms with E-state index in [-0.39, 0.29) is 5.78 Å². The Morgan fingerprint density at radius 3 is 2.35 bits per heavy atom. The summed E-state index contributed by atoms with van der Waals surface area (Å²) < 4.78 is 5.07. The second kappa shape index (κ2) is 8.93. The maximum atomic E-state index is 12.6. The highest BCUT2D eigenvalue weighted by atomic mass is 16.5. The molecule has 0 bridgehead atoms. The largest absolute Gasteiger partial charge is 0.456 e. The Hall–Kier alpha value is -3.77. The zero-order valence-corrected chi connectivity index (χ0v) is 16.7. The molecule has 0 heterocycles. The zero-order chi connectivity index (χ0) is 21.8. The Balaban J connectivity index is 1.38. The second-order valence-electron chi connectivity index (χ2n) is 7.31. The molecular formula is C25H21NO5. The number of ketones is 1. The molecule has 2 N–H and O–H groups in total. The van der Waals surface area contributed by atoms with Crippen molar-refractivity contribution in [3.63, 3.8) is 0 Å². The van der Waals surface area contributed by atoms with Gasteiger partial charge in [0.2, 0.25) is 0 Å². The van der Waals surface area contributed by atoms with Gasteiger partial charge in [0.05, 0.1) is 6.61 Å². The molecule has 1 amide bonds. The molecule has 1 aliphatic rings.